The largest absolute Gasteiger partial charge is 0.489 e. The molecular weight excluding hydrogens is 382 g/mol. The molecule has 0 saturated carbocycles. The Hall–Kier alpha value is -2.63. The summed E-state index contributed by atoms with van der Waals surface area (Å²) >= 11 is 1.68. The first-order chi connectivity index (χ1) is 14.3. The van der Waals surface area contributed by atoms with E-state index in [1.807, 2.05) is 70.9 Å². The number of para-hydroxylation sites is 1. The Morgan fingerprint density at radius 1 is 1.07 bits per heavy atom. The molecule has 3 aromatic rings. The number of amides is 1. The maximum atomic E-state index is 13.2. The number of ether oxygens (including phenoxy) is 2. The van der Waals surface area contributed by atoms with Gasteiger partial charge in [-0.25, -0.2) is 0 Å². The summed E-state index contributed by atoms with van der Waals surface area (Å²) in [6.45, 7) is 2.53. The first-order valence-electron chi connectivity index (χ1n) is 9.98. The van der Waals surface area contributed by atoms with E-state index in [2.05, 4.69) is 6.07 Å². The number of hydrogen-bond donors (Lipinski definition) is 0. The summed E-state index contributed by atoms with van der Waals surface area (Å²) < 4.78 is 11.6. The fourth-order valence-electron chi connectivity index (χ4n) is 3.45. The minimum atomic E-state index is 0.0458. The molecule has 4 nitrogen and oxygen atoms in total. The van der Waals surface area contributed by atoms with Crippen LogP contribution in [0.3, 0.4) is 0 Å². The normalized spacial score (nSPS) is 15.9. The molecule has 1 fully saturated rings. The van der Waals surface area contributed by atoms with Crippen molar-refractivity contribution in [2.75, 3.05) is 13.2 Å². The van der Waals surface area contributed by atoms with Gasteiger partial charge in [0.05, 0.1) is 12.6 Å². The highest BCUT2D eigenvalue weighted by molar-refractivity contribution is 7.09. The van der Waals surface area contributed by atoms with Gasteiger partial charge in [0, 0.05) is 23.6 Å². The standard InChI is InChI=1S/C24H25NO3S/c26-24(25(16-22-8-4-14-27-22)17-23-9-5-15-29-23)20-12-10-19(11-13-20)18-28-21-6-2-1-3-7-21/h1-3,5-7,9-13,15,22H,4,8,14,16-18H2. The number of carbonyl (C=O) groups is 1. The van der Waals surface area contributed by atoms with Crippen molar-refractivity contribution >= 4 is 17.2 Å². The average Bonchev–Trinajstić information content (AvgIpc) is 3.47. The third-order valence-electron chi connectivity index (χ3n) is 5.01. The lowest BCUT2D eigenvalue weighted by molar-refractivity contribution is 0.0509. The van der Waals surface area contributed by atoms with E-state index in [4.69, 9.17) is 9.47 Å². The van der Waals surface area contributed by atoms with Crippen LogP contribution in [-0.4, -0.2) is 30.1 Å². The minimum Gasteiger partial charge on any atom is -0.489 e. The Balaban J connectivity index is 1.41. The number of carbonyl (C=O) groups excluding carboxylic acids is 1. The van der Waals surface area contributed by atoms with Crippen molar-refractivity contribution in [3.05, 3.63) is 88.1 Å². The predicted molar refractivity (Wildman–Crippen MR) is 115 cm³/mol. The fraction of sp³-hybridized carbons (Fsp3) is 0.292. The summed E-state index contributed by atoms with van der Waals surface area (Å²) in [4.78, 5) is 16.3. The van der Waals surface area contributed by atoms with Crippen LogP contribution in [0, 0.1) is 0 Å². The smallest absolute Gasteiger partial charge is 0.254 e. The van der Waals surface area contributed by atoms with E-state index in [1.165, 1.54) is 4.88 Å². The third kappa shape index (κ3) is 5.46. The van der Waals surface area contributed by atoms with Crippen molar-refractivity contribution in [2.24, 2.45) is 0 Å². The maximum absolute atomic E-state index is 13.2. The summed E-state index contributed by atoms with van der Waals surface area (Å²) in [7, 11) is 0. The topological polar surface area (TPSA) is 38.8 Å². The Kier molecular flexibility index (Phi) is 6.60. The second-order valence-electron chi connectivity index (χ2n) is 7.20. The van der Waals surface area contributed by atoms with Crippen molar-refractivity contribution < 1.29 is 14.3 Å². The molecule has 0 N–H and O–H groups in total. The Bertz CT molecular complexity index is 888. The molecule has 1 aliphatic rings. The van der Waals surface area contributed by atoms with Crippen molar-refractivity contribution in [2.45, 2.75) is 32.1 Å². The highest BCUT2D eigenvalue weighted by atomic mass is 32.1. The number of hydrogen-bond acceptors (Lipinski definition) is 4. The quantitative estimate of drug-likeness (QED) is 0.518. The number of thiophene rings is 1. The van der Waals surface area contributed by atoms with Gasteiger partial charge in [0.15, 0.2) is 0 Å². The molecule has 0 bridgehead atoms. The molecular formula is C24H25NO3S. The molecule has 29 heavy (non-hydrogen) atoms. The molecule has 2 aromatic carbocycles. The van der Waals surface area contributed by atoms with Crippen molar-refractivity contribution in [3.8, 4) is 5.75 Å². The van der Waals surface area contributed by atoms with Gasteiger partial charge in [0.1, 0.15) is 12.4 Å². The zero-order valence-corrected chi connectivity index (χ0v) is 17.1. The number of benzene rings is 2. The Morgan fingerprint density at radius 2 is 1.90 bits per heavy atom. The zero-order chi connectivity index (χ0) is 19.9. The zero-order valence-electron chi connectivity index (χ0n) is 16.3. The molecule has 150 valence electrons. The van der Waals surface area contributed by atoms with Crippen LogP contribution in [0.2, 0.25) is 0 Å². The fourth-order valence-corrected chi connectivity index (χ4v) is 4.17. The molecule has 2 heterocycles. The molecule has 1 unspecified atom stereocenters. The van der Waals surface area contributed by atoms with Crippen molar-refractivity contribution in [1.29, 1.82) is 0 Å². The first kappa shape index (κ1) is 19.7. The lowest BCUT2D eigenvalue weighted by Gasteiger charge is -2.25. The third-order valence-corrected chi connectivity index (χ3v) is 5.87. The molecule has 0 radical (unpaired) electrons. The van der Waals surface area contributed by atoms with Crippen LogP contribution in [0.5, 0.6) is 5.75 Å². The molecule has 1 amide bonds. The Morgan fingerprint density at radius 3 is 2.59 bits per heavy atom. The van der Waals surface area contributed by atoms with Gasteiger partial charge in [-0.15, -0.1) is 11.3 Å². The van der Waals surface area contributed by atoms with Crippen LogP contribution in [-0.2, 0) is 17.9 Å². The highest BCUT2D eigenvalue weighted by Crippen LogP contribution is 2.20. The van der Waals surface area contributed by atoms with Gasteiger partial charge >= 0.3 is 0 Å². The molecule has 0 aliphatic carbocycles. The second-order valence-corrected chi connectivity index (χ2v) is 8.23. The molecule has 5 heteroatoms. The summed E-state index contributed by atoms with van der Waals surface area (Å²) in [6.07, 6.45) is 2.23. The van der Waals surface area contributed by atoms with E-state index in [9.17, 15) is 4.79 Å². The SMILES string of the molecule is O=C(c1ccc(COc2ccccc2)cc1)N(Cc1cccs1)CC1CCCO1. The van der Waals surface area contributed by atoms with Gasteiger partial charge < -0.3 is 14.4 Å². The van der Waals surface area contributed by atoms with Crippen molar-refractivity contribution in [1.82, 2.24) is 4.90 Å². The minimum absolute atomic E-state index is 0.0458. The summed E-state index contributed by atoms with van der Waals surface area (Å²) in [6, 6.07) is 21.5. The van der Waals surface area contributed by atoms with Crippen LogP contribution in [0.25, 0.3) is 0 Å². The molecule has 1 saturated heterocycles. The van der Waals surface area contributed by atoms with Crippen LogP contribution in [0.15, 0.2) is 72.1 Å². The van der Waals surface area contributed by atoms with Crippen LogP contribution < -0.4 is 4.74 Å². The monoisotopic (exact) mass is 407 g/mol. The van der Waals surface area contributed by atoms with Crippen molar-refractivity contribution in [3.63, 3.8) is 0 Å². The summed E-state index contributed by atoms with van der Waals surface area (Å²) in [5.41, 5.74) is 1.73. The maximum Gasteiger partial charge on any atom is 0.254 e. The van der Waals surface area contributed by atoms with Crippen LogP contribution in [0.1, 0.15) is 33.6 Å². The molecule has 1 aromatic heterocycles. The van der Waals surface area contributed by atoms with Gasteiger partial charge in [-0.1, -0.05) is 36.4 Å². The summed E-state index contributed by atoms with van der Waals surface area (Å²) in [5.74, 6) is 0.885. The first-order valence-corrected chi connectivity index (χ1v) is 10.9. The van der Waals surface area contributed by atoms with Gasteiger partial charge in [0.25, 0.3) is 5.91 Å². The summed E-state index contributed by atoms with van der Waals surface area (Å²) in [5, 5.41) is 2.05. The molecule has 0 spiro atoms. The predicted octanol–water partition coefficient (Wildman–Crippen LogP) is 5.15. The van der Waals surface area contributed by atoms with Gasteiger partial charge in [-0.3, -0.25) is 4.79 Å². The number of rotatable bonds is 8. The van der Waals surface area contributed by atoms with Gasteiger partial charge in [-0.05, 0) is 54.1 Å². The van der Waals surface area contributed by atoms with Gasteiger partial charge in [0.2, 0.25) is 0 Å². The van der Waals surface area contributed by atoms with E-state index < -0.39 is 0 Å². The van der Waals surface area contributed by atoms with E-state index in [-0.39, 0.29) is 12.0 Å². The highest BCUT2D eigenvalue weighted by Gasteiger charge is 2.24. The van der Waals surface area contributed by atoms with E-state index >= 15 is 0 Å². The molecule has 1 aliphatic heterocycles. The number of nitrogens with zero attached hydrogens (tertiary/aromatic N) is 1. The molecule has 4 rings (SSSR count). The van der Waals surface area contributed by atoms with E-state index in [1.54, 1.807) is 11.3 Å². The van der Waals surface area contributed by atoms with E-state index in [0.29, 0.717) is 25.3 Å². The van der Waals surface area contributed by atoms with Crippen LogP contribution in [0.4, 0.5) is 0 Å². The second kappa shape index (κ2) is 9.72. The average molecular weight is 408 g/mol. The molecule has 1 atom stereocenters. The van der Waals surface area contributed by atoms with E-state index in [0.717, 1.165) is 30.8 Å². The van der Waals surface area contributed by atoms with Gasteiger partial charge in [-0.2, -0.15) is 0 Å². The van der Waals surface area contributed by atoms with Crippen LogP contribution >= 0.6 is 11.3 Å². The lowest BCUT2D eigenvalue weighted by Crippen LogP contribution is -2.36. The lowest BCUT2D eigenvalue weighted by atomic mass is 10.1. The Labute approximate surface area is 175 Å².